The minimum absolute atomic E-state index is 0.302. The van der Waals surface area contributed by atoms with E-state index in [2.05, 4.69) is 76.5 Å². The van der Waals surface area contributed by atoms with Crippen molar-refractivity contribution in [2.75, 3.05) is 60.0 Å². The van der Waals surface area contributed by atoms with Gasteiger partial charge in [0.25, 0.3) is 0 Å². The molecule has 0 bridgehead atoms. The molecule has 0 saturated carbocycles. The van der Waals surface area contributed by atoms with Crippen molar-refractivity contribution in [3.63, 3.8) is 0 Å². The molecule has 0 aliphatic carbocycles. The van der Waals surface area contributed by atoms with Crippen LogP contribution in [0.2, 0.25) is 0 Å². The maximum absolute atomic E-state index is 5.55. The molecule has 3 rings (SSSR count). The minimum atomic E-state index is 0.302. The molecule has 1 fully saturated rings. The van der Waals surface area contributed by atoms with Crippen molar-refractivity contribution < 1.29 is 4.74 Å². The van der Waals surface area contributed by atoms with Gasteiger partial charge in [0.1, 0.15) is 0 Å². The van der Waals surface area contributed by atoms with Crippen molar-refractivity contribution >= 4 is 28.6 Å². The number of hydrogen-bond acceptors (Lipinski definition) is 6. The van der Waals surface area contributed by atoms with Crippen molar-refractivity contribution in [3.05, 3.63) is 44.8 Å². The molecule has 1 saturated heterocycles. The van der Waals surface area contributed by atoms with E-state index in [-0.39, 0.29) is 0 Å². The molecular formula is C21H33N5OS2. The standard InChI is InChI=1S/C21H33N5OS2/c1-4-22-21(23-15-17(25(2)3)19-7-5-13-28-19)24-16-18(20-8-6-14-29-20)26-9-11-27-12-10-26/h5-8,13-14,17-18H,4,9-12,15-16H2,1-3H3,(H2,22,23,24). The lowest BCUT2D eigenvalue weighted by molar-refractivity contribution is 0.0186. The van der Waals surface area contributed by atoms with Crippen LogP contribution in [0.15, 0.2) is 40.0 Å². The molecule has 160 valence electrons. The van der Waals surface area contributed by atoms with Gasteiger partial charge >= 0.3 is 0 Å². The zero-order valence-electron chi connectivity index (χ0n) is 17.6. The van der Waals surface area contributed by atoms with Crippen LogP contribution in [0.4, 0.5) is 0 Å². The van der Waals surface area contributed by atoms with E-state index in [4.69, 9.17) is 9.73 Å². The lowest BCUT2D eigenvalue weighted by atomic mass is 10.2. The van der Waals surface area contributed by atoms with E-state index in [1.807, 2.05) is 11.3 Å². The van der Waals surface area contributed by atoms with E-state index in [1.54, 1.807) is 11.3 Å². The van der Waals surface area contributed by atoms with Gasteiger partial charge in [-0.25, -0.2) is 0 Å². The Bertz CT molecular complexity index is 712. The Hall–Kier alpha value is -1.45. The summed E-state index contributed by atoms with van der Waals surface area (Å²) in [7, 11) is 4.25. The summed E-state index contributed by atoms with van der Waals surface area (Å²) in [4.78, 5) is 12.4. The average molecular weight is 436 g/mol. The Kier molecular flexibility index (Phi) is 8.94. The zero-order chi connectivity index (χ0) is 20.5. The molecule has 0 spiro atoms. The highest BCUT2D eigenvalue weighted by atomic mass is 32.1. The highest BCUT2D eigenvalue weighted by molar-refractivity contribution is 7.10. The molecule has 0 aromatic carbocycles. The van der Waals surface area contributed by atoms with Gasteiger partial charge in [0.2, 0.25) is 0 Å². The Morgan fingerprint density at radius 3 is 2.41 bits per heavy atom. The molecule has 2 N–H and O–H groups in total. The van der Waals surface area contributed by atoms with Crippen molar-refractivity contribution in [2.24, 2.45) is 4.99 Å². The van der Waals surface area contributed by atoms with Crippen LogP contribution >= 0.6 is 22.7 Å². The van der Waals surface area contributed by atoms with Crippen molar-refractivity contribution in [3.8, 4) is 0 Å². The van der Waals surface area contributed by atoms with Gasteiger partial charge in [-0.3, -0.25) is 9.89 Å². The van der Waals surface area contributed by atoms with Crippen molar-refractivity contribution in [2.45, 2.75) is 19.0 Å². The van der Waals surface area contributed by atoms with E-state index in [9.17, 15) is 0 Å². The molecule has 1 aliphatic rings. The van der Waals surface area contributed by atoms with Crippen LogP contribution in [0.5, 0.6) is 0 Å². The zero-order valence-corrected chi connectivity index (χ0v) is 19.3. The van der Waals surface area contributed by atoms with E-state index < -0.39 is 0 Å². The molecular weight excluding hydrogens is 402 g/mol. The lowest BCUT2D eigenvalue weighted by Crippen LogP contribution is -2.43. The van der Waals surface area contributed by atoms with Gasteiger partial charge in [-0.15, -0.1) is 22.7 Å². The van der Waals surface area contributed by atoms with Gasteiger partial charge in [0.05, 0.1) is 31.8 Å². The van der Waals surface area contributed by atoms with Crippen LogP contribution in [0.1, 0.15) is 28.8 Å². The summed E-state index contributed by atoms with van der Waals surface area (Å²) in [5, 5.41) is 11.3. The second-order valence-electron chi connectivity index (χ2n) is 7.27. The molecule has 2 unspecified atom stereocenters. The maximum Gasteiger partial charge on any atom is 0.191 e. The van der Waals surface area contributed by atoms with Gasteiger partial charge in [0.15, 0.2) is 5.96 Å². The fourth-order valence-corrected chi connectivity index (χ4v) is 5.26. The second kappa shape index (κ2) is 11.7. The fraction of sp³-hybridized carbons (Fsp3) is 0.571. The van der Waals surface area contributed by atoms with Crippen LogP contribution < -0.4 is 10.6 Å². The summed E-state index contributed by atoms with van der Waals surface area (Å²) in [6.45, 7) is 8.04. The molecule has 0 radical (unpaired) electrons. The number of hydrogen-bond donors (Lipinski definition) is 2. The lowest BCUT2D eigenvalue weighted by Gasteiger charge is -2.33. The summed E-state index contributed by atoms with van der Waals surface area (Å²) >= 11 is 3.61. The first-order valence-electron chi connectivity index (χ1n) is 10.3. The molecule has 2 aromatic rings. The van der Waals surface area contributed by atoms with Gasteiger partial charge < -0.3 is 20.3 Å². The number of nitrogens with one attached hydrogen (secondary N) is 2. The van der Waals surface area contributed by atoms with Gasteiger partial charge in [0, 0.05) is 35.9 Å². The van der Waals surface area contributed by atoms with E-state index in [0.29, 0.717) is 12.1 Å². The first-order valence-corrected chi connectivity index (χ1v) is 12.0. The summed E-state index contributed by atoms with van der Waals surface area (Å²) in [5.41, 5.74) is 0. The SMILES string of the molecule is CCNC(=NCC(c1cccs1)N1CCOCC1)NCC(c1cccs1)N(C)C. The van der Waals surface area contributed by atoms with Gasteiger partial charge in [-0.05, 0) is 43.9 Å². The monoisotopic (exact) mass is 435 g/mol. The number of rotatable bonds is 9. The predicted molar refractivity (Wildman–Crippen MR) is 124 cm³/mol. The number of likely N-dealkylation sites (N-methyl/N-ethyl adjacent to an activating group) is 1. The topological polar surface area (TPSA) is 52.1 Å². The van der Waals surface area contributed by atoms with Crippen molar-refractivity contribution in [1.82, 2.24) is 20.4 Å². The highest BCUT2D eigenvalue weighted by Gasteiger charge is 2.23. The Morgan fingerprint density at radius 2 is 1.83 bits per heavy atom. The summed E-state index contributed by atoms with van der Waals surface area (Å²) < 4.78 is 5.55. The molecule has 8 heteroatoms. The molecule has 1 aliphatic heterocycles. The average Bonchev–Trinajstić information content (AvgIpc) is 3.43. The first-order chi connectivity index (χ1) is 14.2. The van der Waals surface area contributed by atoms with Gasteiger partial charge in [-0.2, -0.15) is 0 Å². The van der Waals surface area contributed by atoms with Crippen LogP contribution in [0.25, 0.3) is 0 Å². The number of aliphatic imine (C=N–C) groups is 1. The van der Waals surface area contributed by atoms with E-state index in [0.717, 1.165) is 51.9 Å². The third kappa shape index (κ3) is 6.52. The molecule has 0 amide bonds. The summed E-state index contributed by atoms with van der Waals surface area (Å²) in [6.07, 6.45) is 0. The third-order valence-electron chi connectivity index (χ3n) is 5.08. The third-order valence-corrected chi connectivity index (χ3v) is 7.03. The molecule has 29 heavy (non-hydrogen) atoms. The Morgan fingerprint density at radius 1 is 1.14 bits per heavy atom. The second-order valence-corrected chi connectivity index (χ2v) is 9.23. The van der Waals surface area contributed by atoms with Crippen LogP contribution in [-0.2, 0) is 4.74 Å². The van der Waals surface area contributed by atoms with Crippen LogP contribution in [0, 0.1) is 0 Å². The largest absolute Gasteiger partial charge is 0.379 e. The van der Waals surface area contributed by atoms with Crippen molar-refractivity contribution in [1.29, 1.82) is 0 Å². The normalized spacial score (nSPS) is 18.0. The maximum atomic E-state index is 5.55. The number of morpholine rings is 1. The molecule has 6 nitrogen and oxygen atoms in total. The molecule has 3 heterocycles. The number of ether oxygens (including phenoxy) is 1. The Labute approximate surface area is 182 Å². The number of guanidine groups is 1. The van der Waals surface area contributed by atoms with Crippen LogP contribution in [-0.4, -0.2) is 75.8 Å². The van der Waals surface area contributed by atoms with Crippen LogP contribution in [0.3, 0.4) is 0 Å². The van der Waals surface area contributed by atoms with E-state index in [1.165, 1.54) is 9.75 Å². The summed E-state index contributed by atoms with van der Waals surface area (Å²) in [6, 6.07) is 9.29. The highest BCUT2D eigenvalue weighted by Crippen LogP contribution is 2.26. The molecule has 2 atom stereocenters. The number of thiophene rings is 2. The predicted octanol–water partition coefficient (Wildman–Crippen LogP) is 3.04. The van der Waals surface area contributed by atoms with Gasteiger partial charge in [-0.1, -0.05) is 12.1 Å². The summed E-state index contributed by atoms with van der Waals surface area (Å²) in [5.74, 6) is 0.880. The number of nitrogens with zero attached hydrogens (tertiary/aromatic N) is 3. The minimum Gasteiger partial charge on any atom is -0.379 e. The fourth-order valence-electron chi connectivity index (χ4n) is 3.49. The quantitative estimate of drug-likeness (QED) is 0.468. The molecule has 2 aromatic heterocycles. The smallest absolute Gasteiger partial charge is 0.191 e. The van der Waals surface area contributed by atoms with E-state index >= 15 is 0 Å². The first kappa shape index (κ1) is 22.2. The Balaban J connectivity index is 1.67.